The highest BCUT2D eigenvalue weighted by molar-refractivity contribution is 6.24. The minimum Gasteiger partial charge on any atom is -0.508 e. The number of amides is 1. The van der Waals surface area contributed by atoms with Gasteiger partial charge in [0, 0.05) is 18.0 Å². The first-order chi connectivity index (χ1) is 19.7. The van der Waals surface area contributed by atoms with Gasteiger partial charge in [-0.1, -0.05) is 12.1 Å². The van der Waals surface area contributed by atoms with E-state index in [4.69, 9.17) is 10.5 Å². The molecular formula is C31H35N3O8. The fourth-order valence-electron chi connectivity index (χ4n) is 6.93. The van der Waals surface area contributed by atoms with Gasteiger partial charge >= 0.3 is 0 Å². The maximum Gasteiger partial charge on any atom is 0.255 e. The second-order valence-corrected chi connectivity index (χ2v) is 11.7. The highest BCUT2D eigenvalue weighted by atomic mass is 16.5. The number of primary amides is 1. The SMILES string of the molecule is COc1ccc(-c2ccc(O)c3c2C[C@H]2C[C@H]4[C@H](N(C)C)C(=O)C(C(N)=O)=C(O)[C@@]4(O)C(=O)C2=C3O)c(CN(C)C)c1. The van der Waals surface area contributed by atoms with Crippen molar-refractivity contribution in [2.75, 3.05) is 35.3 Å². The predicted molar refractivity (Wildman–Crippen MR) is 154 cm³/mol. The van der Waals surface area contributed by atoms with Crippen molar-refractivity contribution in [1.29, 1.82) is 0 Å². The molecule has 2 aromatic carbocycles. The molecule has 6 N–H and O–H groups in total. The van der Waals surface area contributed by atoms with Crippen molar-refractivity contribution < 1.29 is 39.5 Å². The van der Waals surface area contributed by atoms with Crippen molar-refractivity contribution in [3.63, 3.8) is 0 Å². The number of hydrogen-bond acceptors (Lipinski definition) is 10. The molecule has 3 aliphatic rings. The Labute approximate surface area is 243 Å². The number of ketones is 2. The summed E-state index contributed by atoms with van der Waals surface area (Å²) in [5, 5.41) is 45.3. The standard InChI is InChI=1S/C31H35N3O8/c1-33(2)13-15-10-16(42-5)6-7-17(15)18-8-9-21(35)23-19(18)11-14-12-20-25(34(3)4)27(37)24(30(32)40)29(39)31(20,41)28(38)22(14)26(23)36/h6-10,14,20,25,35-36,39,41H,11-13H2,1-5H3,(H2,32,40)/t14-,20-,25-,31-/m0/s1. The molecule has 0 spiro atoms. The number of aliphatic hydroxyl groups excluding tert-OH is 2. The minimum atomic E-state index is -2.67. The molecule has 5 rings (SSSR count). The molecule has 42 heavy (non-hydrogen) atoms. The molecule has 0 saturated heterocycles. The maximum atomic E-state index is 14.1. The number of fused-ring (bicyclic) bond motifs is 3. The van der Waals surface area contributed by atoms with Gasteiger partial charge in [0.15, 0.2) is 11.4 Å². The summed E-state index contributed by atoms with van der Waals surface area (Å²) in [6, 6.07) is 7.70. The van der Waals surface area contributed by atoms with Crippen LogP contribution in [-0.4, -0.2) is 94.6 Å². The molecule has 1 amide bonds. The number of carbonyl (C=O) groups is 3. The smallest absolute Gasteiger partial charge is 0.255 e. The highest BCUT2D eigenvalue weighted by Crippen LogP contribution is 2.53. The number of carbonyl (C=O) groups excluding carboxylic acids is 3. The number of methoxy groups -OCH3 is 1. The van der Waals surface area contributed by atoms with Crippen LogP contribution in [0.1, 0.15) is 23.1 Å². The molecule has 0 aromatic heterocycles. The summed E-state index contributed by atoms with van der Waals surface area (Å²) >= 11 is 0. The Bertz CT molecular complexity index is 1590. The van der Waals surface area contributed by atoms with Gasteiger partial charge in [-0.2, -0.15) is 0 Å². The monoisotopic (exact) mass is 577 g/mol. The number of nitrogens with zero attached hydrogens (tertiary/aromatic N) is 2. The Morgan fingerprint density at radius 1 is 1.07 bits per heavy atom. The van der Waals surface area contributed by atoms with Crippen LogP contribution < -0.4 is 10.5 Å². The van der Waals surface area contributed by atoms with Crippen LogP contribution in [-0.2, 0) is 27.3 Å². The van der Waals surface area contributed by atoms with Gasteiger partial charge in [-0.05, 0) is 87.4 Å². The first-order valence-electron chi connectivity index (χ1n) is 13.6. The third-order valence-corrected chi connectivity index (χ3v) is 8.69. The zero-order valence-electron chi connectivity index (χ0n) is 24.1. The second kappa shape index (κ2) is 10.3. The number of Topliss-reactive ketones (excluding diaryl/α,β-unsaturated/α-hetero) is 2. The number of hydrogen-bond donors (Lipinski definition) is 5. The lowest BCUT2D eigenvalue weighted by Crippen LogP contribution is -2.65. The Hall–Kier alpha value is -4.19. The van der Waals surface area contributed by atoms with Crippen LogP contribution in [0.3, 0.4) is 0 Å². The summed E-state index contributed by atoms with van der Waals surface area (Å²) in [6.07, 6.45) is 0.222. The first kappa shape index (κ1) is 29.3. The zero-order valence-corrected chi connectivity index (χ0v) is 24.1. The normalized spacial score (nSPS) is 25.5. The zero-order chi connectivity index (χ0) is 30.8. The molecule has 3 aliphatic carbocycles. The number of rotatable bonds is 6. The van der Waals surface area contributed by atoms with Crippen LogP contribution in [0.25, 0.3) is 16.9 Å². The van der Waals surface area contributed by atoms with Crippen molar-refractivity contribution in [3.8, 4) is 22.6 Å². The molecule has 0 radical (unpaired) electrons. The lowest BCUT2D eigenvalue weighted by Gasteiger charge is -2.50. The predicted octanol–water partition coefficient (Wildman–Crippen LogP) is 1.70. The Balaban J connectivity index is 1.73. The highest BCUT2D eigenvalue weighted by Gasteiger charge is 2.64. The average molecular weight is 578 g/mol. The maximum absolute atomic E-state index is 14.1. The molecule has 0 heterocycles. The average Bonchev–Trinajstić information content (AvgIpc) is 2.90. The summed E-state index contributed by atoms with van der Waals surface area (Å²) < 4.78 is 5.44. The van der Waals surface area contributed by atoms with Gasteiger partial charge in [0.25, 0.3) is 5.91 Å². The largest absolute Gasteiger partial charge is 0.508 e. The van der Waals surface area contributed by atoms with Crippen molar-refractivity contribution in [3.05, 3.63) is 63.9 Å². The van der Waals surface area contributed by atoms with Crippen LogP contribution >= 0.6 is 0 Å². The van der Waals surface area contributed by atoms with Crippen LogP contribution in [0.2, 0.25) is 0 Å². The van der Waals surface area contributed by atoms with Crippen molar-refractivity contribution >= 4 is 23.2 Å². The lowest BCUT2D eigenvalue weighted by atomic mass is 9.57. The van der Waals surface area contributed by atoms with E-state index in [0.29, 0.717) is 17.9 Å². The quantitative estimate of drug-likeness (QED) is 0.318. The van der Waals surface area contributed by atoms with Gasteiger partial charge in [-0.3, -0.25) is 19.3 Å². The second-order valence-electron chi connectivity index (χ2n) is 11.7. The van der Waals surface area contributed by atoms with Crippen LogP contribution in [0.5, 0.6) is 11.5 Å². The number of aliphatic hydroxyl groups is 3. The van der Waals surface area contributed by atoms with Gasteiger partial charge < -0.3 is 35.8 Å². The van der Waals surface area contributed by atoms with E-state index >= 15 is 0 Å². The van der Waals surface area contributed by atoms with Crippen molar-refractivity contribution in [1.82, 2.24) is 9.80 Å². The van der Waals surface area contributed by atoms with Gasteiger partial charge in [-0.15, -0.1) is 0 Å². The molecule has 4 atom stereocenters. The Kier molecular flexibility index (Phi) is 7.16. The molecular weight excluding hydrogens is 542 g/mol. The minimum absolute atomic E-state index is 0.0219. The summed E-state index contributed by atoms with van der Waals surface area (Å²) in [5.74, 6) is -6.11. The summed E-state index contributed by atoms with van der Waals surface area (Å²) in [4.78, 5) is 43.0. The van der Waals surface area contributed by atoms with Crippen molar-refractivity contribution in [2.24, 2.45) is 17.6 Å². The van der Waals surface area contributed by atoms with E-state index < -0.39 is 58.0 Å². The fraction of sp³-hybridized carbons (Fsp3) is 0.387. The summed E-state index contributed by atoms with van der Waals surface area (Å²) in [5.41, 5.74) is 4.87. The van der Waals surface area contributed by atoms with E-state index in [0.717, 1.165) is 16.7 Å². The molecule has 11 heteroatoms. The van der Waals surface area contributed by atoms with Gasteiger partial charge in [0.05, 0.1) is 18.7 Å². The van der Waals surface area contributed by atoms with Crippen LogP contribution in [0, 0.1) is 11.8 Å². The van der Waals surface area contributed by atoms with Gasteiger partial charge in [-0.25, -0.2) is 0 Å². The van der Waals surface area contributed by atoms with E-state index in [1.807, 2.05) is 37.2 Å². The van der Waals surface area contributed by atoms with Gasteiger partial charge in [0.2, 0.25) is 5.78 Å². The fourth-order valence-corrected chi connectivity index (χ4v) is 6.93. The van der Waals surface area contributed by atoms with E-state index in [-0.39, 0.29) is 29.7 Å². The molecule has 0 unspecified atom stereocenters. The number of likely N-dealkylation sites (N-methyl/N-ethyl adjacent to an activating group) is 1. The van der Waals surface area contributed by atoms with Crippen LogP contribution in [0.15, 0.2) is 47.2 Å². The van der Waals surface area contributed by atoms with E-state index in [1.54, 1.807) is 27.3 Å². The van der Waals surface area contributed by atoms with Gasteiger partial charge in [0.1, 0.15) is 28.6 Å². The summed E-state index contributed by atoms with van der Waals surface area (Å²) in [7, 11) is 8.59. The molecule has 0 aliphatic heterocycles. The van der Waals surface area contributed by atoms with E-state index in [9.17, 15) is 34.8 Å². The molecule has 1 fully saturated rings. The molecule has 222 valence electrons. The first-order valence-corrected chi connectivity index (χ1v) is 13.6. The number of benzene rings is 2. The number of phenolic OH excluding ortho intramolecular Hbond substituents is 1. The number of ether oxygens (including phenoxy) is 1. The lowest BCUT2D eigenvalue weighted by molar-refractivity contribution is -0.153. The van der Waals surface area contributed by atoms with E-state index in [2.05, 4.69) is 0 Å². The number of aromatic hydroxyl groups is 1. The third kappa shape index (κ3) is 4.19. The molecule has 2 aromatic rings. The van der Waals surface area contributed by atoms with E-state index in [1.165, 1.54) is 11.0 Å². The molecule has 0 bridgehead atoms. The molecule has 1 saturated carbocycles. The number of phenols is 1. The third-order valence-electron chi connectivity index (χ3n) is 8.69. The topological polar surface area (TPSA) is 174 Å². The molecule has 11 nitrogen and oxygen atoms in total. The van der Waals surface area contributed by atoms with Crippen LogP contribution in [0.4, 0.5) is 0 Å². The summed E-state index contributed by atoms with van der Waals surface area (Å²) in [6.45, 7) is 0.576. The number of nitrogens with two attached hydrogens (primary N) is 1. The van der Waals surface area contributed by atoms with Crippen molar-refractivity contribution in [2.45, 2.75) is 31.0 Å². The Morgan fingerprint density at radius 2 is 1.74 bits per heavy atom. The Morgan fingerprint density at radius 3 is 2.33 bits per heavy atom.